The van der Waals surface area contributed by atoms with Crippen molar-refractivity contribution in [3.8, 4) is 89.0 Å². The Morgan fingerprint density at radius 1 is 0.237 bits per heavy atom. The Bertz CT molecular complexity index is 6150. The highest BCUT2D eigenvalue weighted by atomic mass is 33.1. The molecule has 2 amide bonds. The Morgan fingerprint density at radius 2 is 0.395 bits per heavy atom. The highest BCUT2D eigenvalue weighted by Crippen LogP contribution is 2.43. The lowest BCUT2D eigenvalue weighted by molar-refractivity contribution is 0.0948. The fourth-order valence-electron chi connectivity index (χ4n) is 15.5. The first kappa shape index (κ1) is 72.2. The molecule has 8 aromatic carbocycles. The molecule has 0 saturated heterocycles. The fraction of sp³-hybridized carbons (Fsp3) is 0.100. The van der Waals surface area contributed by atoms with Crippen molar-refractivity contribution in [2.24, 2.45) is 0 Å². The van der Waals surface area contributed by atoms with Crippen molar-refractivity contribution in [1.29, 1.82) is 0 Å². The number of carbonyl (C=O) groups is 2. The van der Waals surface area contributed by atoms with Crippen LogP contribution in [0.3, 0.4) is 0 Å². The second kappa shape index (κ2) is 31.0. The maximum Gasteiger partial charge on any atom is 0.251 e. The quantitative estimate of drug-likeness (QED) is 0.0386. The molecule has 554 valence electrons. The zero-order chi connectivity index (χ0) is 77.5. The van der Waals surface area contributed by atoms with Crippen LogP contribution >= 0.6 is 21.6 Å². The van der Waals surface area contributed by atoms with E-state index in [0.29, 0.717) is 35.7 Å². The van der Waals surface area contributed by atoms with Gasteiger partial charge in [0.05, 0.1) is 45.6 Å². The van der Waals surface area contributed by atoms with Crippen LogP contribution in [0.4, 0.5) is 0 Å². The lowest BCUT2D eigenvalue weighted by atomic mass is 10.0. The van der Waals surface area contributed by atoms with Gasteiger partial charge in [-0.25, -0.2) is 19.9 Å². The molecule has 6 aromatic heterocycles. The molecule has 14 heteroatoms. The average molecular weight is 1520 g/mol. The van der Waals surface area contributed by atoms with E-state index in [9.17, 15) is 9.59 Å². The minimum absolute atomic E-state index is 0.161. The third-order valence-electron chi connectivity index (χ3n) is 21.4. The number of aromatic amines is 4. The van der Waals surface area contributed by atoms with E-state index in [0.717, 1.165) is 179 Å². The number of aromatic nitrogens is 8. The summed E-state index contributed by atoms with van der Waals surface area (Å²) in [5.41, 5.74) is 37.8. The molecule has 16 bridgehead atoms. The number of nitrogens with one attached hydrogen (secondary N) is 6. The molecule has 0 saturated carbocycles. The van der Waals surface area contributed by atoms with Gasteiger partial charge in [-0.3, -0.25) is 9.59 Å². The molecular weight excluding hydrogens is 1440 g/mol. The number of aryl methyl sites for hydroxylation is 6. The first-order valence-electron chi connectivity index (χ1n) is 38.5. The van der Waals surface area contributed by atoms with Gasteiger partial charge in [-0.05, 0) is 207 Å². The smallest absolute Gasteiger partial charge is 0.251 e. The van der Waals surface area contributed by atoms with E-state index in [2.05, 4.69) is 315 Å². The maximum absolute atomic E-state index is 13.9. The molecular formula is C100H80N10O2S2. The monoisotopic (exact) mass is 1520 g/mol. The number of fused-ring (bicyclic) bond motifs is 16. The van der Waals surface area contributed by atoms with Crippen molar-refractivity contribution in [1.82, 2.24) is 50.5 Å². The van der Waals surface area contributed by atoms with Crippen molar-refractivity contribution in [2.45, 2.75) is 41.5 Å². The van der Waals surface area contributed by atoms with Crippen LogP contribution in [0.5, 0.6) is 0 Å². The van der Waals surface area contributed by atoms with E-state index in [4.69, 9.17) is 19.9 Å². The minimum atomic E-state index is -0.161. The summed E-state index contributed by atoms with van der Waals surface area (Å²) in [6.45, 7) is 13.6. The molecule has 12 nitrogen and oxygen atoms in total. The average Bonchev–Trinajstić information content (AvgIpc) is 1.61. The molecule has 0 aliphatic carbocycles. The number of benzene rings is 8. The molecule has 4 aliphatic rings. The summed E-state index contributed by atoms with van der Waals surface area (Å²) >= 11 is 0. The van der Waals surface area contributed by atoms with Crippen LogP contribution in [0.2, 0.25) is 0 Å². The lowest BCUT2D eigenvalue weighted by Crippen LogP contribution is -2.26. The second-order valence-electron chi connectivity index (χ2n) is 29.5. The summed E-state index contributed by atoms with van der Waals surface area (Å²) in [5.74, 6) is 1.02. The molecule has 0 atom stereocenters. The largest absolute Gasteiger partial charge is 0.354 e. The van der Waals surface area contributed by atoms with E-state index in [1.165, 1.54) is 33.4 Å². The van der Waals surface area contributed by atoms with Gasteiger partial charge in [-0.2, -0.15) is 0 Å². The van der Waals surface area contributed by atoms with Crippen molar-refractivity contribution in [3.63, 3.8) is 0 Å². The number of nitrogens with zero attached hydrogens (tertiary/aromatic N) is 4. The third-order valence-corrected chi connectivity index (χ3v) is 23.9. The van der Waals surface area contributed by atoms with Crippen molar-refractivity contribution in [2.75, 3.05) is 24.6 Å². The number of rotatable bonds is 17. The van der Waals surface area contributed by atoms with Gasteiger partial charge in [0.25, 0.3) is 11.8 Å². The lowest BCUT2D eigenvalue weighted by Gasteiger charge is -2.09. The van der Waals surface area contributed by atoms with Gasteiger partial charge in [0.15, 0.2) is 0 Å². The van der Waals surface area contributed by atoms with E-state index in [-0.39, 0.29) is 11.8 Å². The van der Waals surface area contributed by atoms with Crippen LogP contribution in [0.1, 0.15) is 99.6 Å². The SMILES string of the molecule is Cc1ccc(-c2c3nc(c(-c4ccc(C)cc4)c4ccc([nH]4)c(-c4ccc(C(=O)NCCSSCCNC(=O)c5ccc(-c6c7nc(c(-c8ccc(C)cc8)c8ccc([nH]8)c(-c8ccc(C)cc8)c8nc(c(-c9ccc(C)cc9)c9ccc6[nH]9)C=C8)C=C7)cc5)cc4)c4nc(c(-c5ccc(C)cc5)c5ccc2[nH]5)C=C4)C=C3)cc1. The second-order valence-corrected chi connectivity index (χ2v) is 32.2. The third kappa shape index (κ3) is 14.6. The van der Waals surface area contributed by atoms with E-state index in [1.807, 2.05) is 48.5 Å². The van der Waals surface area contributed by atoms with Gasteiger partial charge in [0.2, 0.25) is 0 Å². The van der Waals surface area contributed by atoms with Gasteiger partial charge in [-0.1, -0.05) is 225 Å². The summed E-state index contributed by atoms with van der Waals surface area (Å²) in [7, 11) is 3.32. The normalized spacial score (nSPS) is 12.1. The molecule has 0 spiro atoms. The van der Waals surface area contributed by atoms with Crippen LogP contribution in [-0.4, -0.2) is 76.3 Å². The number of hydrogen-bond acceptors (Lipinski definition) is 8. The van der Waals surface area contributed by atoms with Crippen LogP contribution in [0.25, 0.3) is 182 Å². The number of H-pyrrole nitrogens is 4. The maximum atomic E-state index is 13.9. The van der Waals surface area contributed by atoms with E-state index >= 15 is 0 Å². The molecule has 10 heterocycles. The zero-order valence-electron chi connectivity index (χ0n) is 64.0. The Kier molecular flexibility index (Phi) is 19.7. The highest BCUT2D eigenvalue weighted by molar-refractivity contribution is 8.76. The molecule has 0 unspecified atom stereocenters. The summed E-state index contributed by atoms with van der Waals surface area (Å²) in [6.07, 6.45) is 16.9. The van der Waals surface area contributed by atoms with Gasteiger partial charge >= 0.3 is 0 Å². The first-order chi connectivity index (χ1) is 55.7. The number of amides is 2. The van der Waals surface area contributed by atoms with E-state index in [1.54, 1.807) is 21.6 Å². The number of carbonyl (C=O) groups excluding carboxylic acids is 2. The van der Waals surface area contributed by atoms with Gasteiger partial charge in [0, 0.05) is 124 Å². The van der Waals surface area contributed by atoms with Crippen molar-refractivity contribution in [3.05, 3.63) is 333 Å². The Labute approximate surface area is 669 Å². The zero-order valence-corrected chi connectivity index (χ0v) is 65.6. The predicted molar refractivity (Wildman–Crippen MR) is 479 cm³/mol. The molecule has 14 aromatic rings. The van der Waals surface area contributed by atoms with Crippen LogP contribution in [0, 0.1) is 41.5 Å². The van der Waals surface area contributed by atoms with Crippen LogP contribution in [-0.2, 0) is 0 Å². The Balaban J connectivity index is 0.584. The topological polar surface area (TPSA) is 173 Å². The van der Waals surface area contributed by atoms with Gasteiger partial charge < -0.3 is 30.6 Å². The highest BCUT2D eigenvalue weighted by Gasteiger charge is 2.24. The Morgan fingerprint density at radius 3 is 0.561 bits per heavy atom. The summed E-state index contributed by atoms with van der Waals surface area (Å²) in [4.78, 5) is 65.3. The predicted octanol–water partition coefficient (Wildman–Crippen LogP) is 24.4. The van der Waals surface area contributed by atoms with E-state index < -0.39 is 0 Å². The number of hydrogen-bond donors (Lipinski definition) is 6. The van der Waals surface area contributed by atoms with Gasteiger partial charge in [0.1, 0.15) is 0 Å². The fourth-order valence-corrected chi connectivity index (χ4v) is 17.3. The first-order valence-corrected chi connectivity index (χ1v) is 41.0. The molecule has 18 rings (SSSR count). The standard InChI is InChI=1S/C100H80N10O2S2/c1-59-7-19-65(20-8-59)91-75-39-43-79(103-75)93(67-23-11-61(3)12-24-67)83-47-51-87(107-83)97(88-52-48-84(108-88)94(80-44-40-76(91)104-80)68-25-13-62(4)14-26-68)71-31-35-73(36-32-71)99(111)101-55-57-113-114-58-56-102-100(112)74-37-33-72(34-38-74)98-89-53-49-85(109-89)95(69-27-15-63(5)16-28-69)81-45-41-77(105-81)92(66-21-9-60(2)10-22-66)78-42-46-82(106-78)96(86-50-54-90(98)110-86)70-29-17-64(6)18-30-70/h7-54,103,105,108,110H,55-58H2,1-6H3,(H,101,111)(H,102,112). The Hall–Kier alpha value is -13.4. The molecule has 0 fully saturated rings. The molecule has 114 heavy (non-hydrogen) atoms. The molecule has 6 N–H and O–H groups in total. The minimum Gasteiger partial charge on any atom is -0.354 e. The summed E-state index contributed by atoms with van der Waals surface area (Å²) < 4.78 is 0. The molecule has 4 aliphatic heterocycles. The van der Waals surface area contributed by atoms with Crippen molar-refractivity contribution >= 4 is 126 Å². The van der Waals surface area contributed by atoms with Crippen LogP contribution in [0.15, 0.2) is 243 Å². The summed E-state index contributed by atoms with van der Waals surface area (Å²) in [6, 6.07) is 84.5. The molecule has 0 radical (unpaired) electrons. The van der Waals surface area contributed by atoms with Crippen molar-refractivity contribution < 1.29 is 9.59 Å². The van der Waals surface area contributed by atoms with Crippen LogP contribution < -0.4 is 10.6 Å². The van der Waals surface area contributed by atoms with Gasteiger partial charge in [-0.15, -0.1) is 0 Å². The summed E-state index contributed by atoms with van der Waals surface area (Å²) in [5, 5.41) is 6.29.